The highest BCUT2D eigenvalue weighted by atomic mass is 16.3. The molecule has 0 saturated carbocycles. The normalized spacial score (nSPS) is 11.4. The van der Waals surface area contributed by atoms with Crippen LogP contribution in [0, 0.1) is 0 Å². The van der Waals surface area contributed by atoms with E-state index in [1.807, 2.05) is 13.0 Å². The Balaban J connectivity index is 3.00. The van der Waals surface area contributed by atoms with Gasteiger partial charge in [-0.25, -0.2) is 0 Å². The van der Waals surface area contributed by atoms with E-state index >= 15 is 0 Å². The molecule has 0 unspecified atom stereocenters. The molecule has 0 amide bonds. The van der Waals surface area contributed by atoms with Gasteiger partial charge in [0, 0.05) is 18.1 Å². The minimum Gasteiger partial charge on any atom is -0.507 e. The second kappa shape index (κ2) is 8.42. The van der Waals surface area contributed by atoms with Crippen molar-refractivity contribution in [2.75, 3.05) is 0 Å². The van der Waals surface area contributed by atoms with E-state index in [2.05, 4.69) is 19.9 Å². The summed E-state index contributed by atoms with van der Waals surface area (Å²) in [6.07, 6.45) is 6.39. The SMILES string of the molecule is CCC(=O)c1c(O)cc(O)c(C/C=C(\C)CCC=C(C)C)c1O. The Labute approximate surface area is 137 Å². The fourth-order valence-electron chi connectivity index (χ4n) is 2.30. The first-order chi connectivity index (χ1) is 10.8. The lowest BCUT2D eigenvalue weighted by Gasteiger charge is -2.12. The lowest BCUT2D eigenvalue weighted by Crippen LogP contribution is -2.00. The predicted molar refractivity (Wildman–Crippen MR) is 92.2 cm³/mol. The summed E-state index contributed by atoms with van der Waals surface area (Å²) in [6, 6.07) is 1.12. The largest absolute Gasteiger partial charge is 0.507 e. The monoisotopic (exact) mass is 318 g/mol. The second-order valence-corrected chi connectivity index (χ2v) is 5.97. The smallest absolute Gasteiger partial charge is 0.170 e. The molecule has 0 spiro atoms. The zero-order valence-electron chi connectivity index (χ0n) is 14.3. The highest BCUT2D eigenvalue weighted by molar-refractivity contribution is 6.01. The van der Waals surface area contributed by atoms with Gasteiger partial charge >= 0.3 is 0 Å². The van der Waals surface area contributed by atoms with Gasteiger partial charge in [0.2, 0.25) is 0 Å². The quantitative estimate of drug-likeness (QED) is 0.506. The number of phenolic OH excluding ortho intramolecular Hbond substituents is 3. The summed E-state index contributed by atoms with van der Waals surface area (Å²) < 4.78 is 0. The van der Waals surface area contributed by atoms with Gasteiger partial charge in [-0.3, -0.25) is 4.79 Å². The van der Waals surface area contributed by atoms with Crippen molar-refractivity contribution in [1.29, 1.82) is 0 Å². The maximum absolute atomic E-state index is 11.8. The van der Waals surface area contributed by atoms with Crippen molar-refractivity contribution in [3.05, 3.63) is 40.5 Å². The minimum atomic E-state index is -0.389. The number of rotatable bonds is 7. The van der Waals surface area contributed by atoms with Gasteiger partial charge in [-0.05, 0) is 40.0 Å². The fourth-order valence-corrected chi connectivity index (χ4v) is 2.30. The zero-order valence-corrected chi connectivity index (χ0v) is 14.3. The van der Waals surface area contributed by atoms with Crippen LogP contribution in [0.15, 0.2) is 29.4 Å². The van der Waals surface area contributed by atoms with Crippen LogP contribution in [0.3, 0.4) is 0 Å². The summed E-state index contributed by atoms with van der Waals surface area (Å²) >= 11 is 0. The molecule has 4 nitrogen and oxygen atoms in total. The number of hydrogen-bond acceptors (Lipinski definition) is 4. The van der Waals surface area contributed by atoms with Gasteiger partial charge < -0.3 is 15.3 Å². The van der Waals surface area contributed by atoms with Crippen molar-refractivity contribution in [1.82, 2.24) is 0 Å². The van der Waals surface area contributed by atoms with Crippen molar-refractivity contribution >= 4 is 5.78 Å². The van der Waals surface area contributed by atoms with Crippen molar-refractivity contribution in [3.63, 3.8) is 0 Å². The maximum atomic E-state index is 11.8. The molecule has 0 fully saturated rings. The molecule has 1 aromatic rings. The molecule has 0 aliphatic heterocycles. The Morgan fingerprint density at radius 2 is 1.74 bits per heavy atom. The van der Waals surface area contributed by atoms with Crippen LogP contribution in [0.5, 0.6) is 17.2 Å². The second-order valence-electron chi connectivity index (χ2n) is 5.97. The minimum absolute atomic E-state index is 0.115. The van der Waals surface area contributed by atoms with Crippen LogP contribution in [0.1, 0.15) is 62.9 Å². The van der Waals surface area contributed by atoms with E-state index in [0.717, 1.165) is 24.5 Å². The summed E-state index contributed by atoms with van der Waals surface area (Å²) in [4.78, 5) is 11.8. The van der Waals surface area contributed by atoms with Crippen LogP contribution in [0.4, 0.5) is 0 Å². The van der Waals surface area contributed by atoms with Crippen molar-refractivity contribution in [2.24, 2.45) is 0 Å². The first kappa shape index (κ1) is 18.8. The van der Waals surface area contributed by atoms with Crippen LogP contribution >= 0.6 is 0 Å². The Morgan fingerprint density at radius 3 is 2.30 bits per heavy atom. The molecular weight excluding hydrogens is 292 g/mol. The van der Waals surface area contributed by atoms with Gasteiger partial charge in [0.25, 0.3) is 0 Å². The number of carbonyl (C=O) groups excluding carboxylic acids is 1. The number of allylic oxidation sites excluding steroid dienone is 4. The molecule has 0 aromatic heterocycles. The first-order valence-corrected chi connectivity index (χ1v) is 7.86. The Kier molecular flexibility index (Phi) is 6.89. The Morgan fingerprint density at radius 1 is 1.09 bits per heavy atom. The molecule has 0 radical (unpaired) electrons. The maximum Gasteiger partial charge on any atom is 0.170 e. The molecule has 126 valence electrons. The van der Waals surface area contributed by atoms with E-state index < -0.39 is 0 Å². The molecule has 1 rings (SSSR count). The topological polar surface area (TPSA) is 77.8 Å². The van der Waals surface area contributed by atoms with Crippen LogP contribution in [-0.4, -0.2) is 21.1 Å². The molecular formula is C19H26O4. The number of hydrogen-bond donors (Lipinski definition) is 3. The standard InChI is InChI=1S/C19H26O4/c1-5-15(20)18-17(22)11-16(21)14(19(18)23)10-9-13(4)8-6-7-12(2)3/h7,9,11,21-23H,5-6,8,10H2,1-4H3/b13-9+. The average Bonchev–Trinajstić information content (AvgIpc) is 2.45. The van der Waals surface area contributed by atoms with E-state index in [-0.39, 0.29) is 40.6 Å². The Hall–Kier alpha value is -2.23. The Bertz CT molecular complexity index is 635. The summed E-state index contributed by atoms with van der Waals surface area (Å²) in [5.74, 6) is -1.28. The molecule has 0 aliphatic rings. The number of benzene rings is 1. The zero-order chi connectivity index (χ0) is 17.6. The third-order valence-electron chi connectivity index (χ3n) is 3.71. The fraction of sp³-hybridized carbons (Fsp3) is 0.421. The van der Waals surface area contributed by atoms with Crippen LogP contribution < -0.4 is 0 Å². The number of Topliss-reactive ketones (excluding diaryl/α,β-unsaturated/α-hetero) is 1. The van der Waals surface area contributed by atoms with Gasteiger partial charge in [-0.15, -0.1) is 0 Å². The lowest BCUT2D eigenvalue weighted by molar-refractivity contribution is 0.0982. The van der Waals surface area contributed by atoms with Gasteiger partial charge in [0.05, 0.1) is 0 Å². The van der Waals surface area contributed by atoms with Gasteiger partial charge in [0.15, 0.2) is 5.78 Å². The van der Waals surface area contributed by atoms with Crippen LogP contribution in [0.2, 0.25) is 0 Å². The van der Waals surface area contributed by atoms with E-state index in [1.165, 1.54) is 5.57 Å². The summed E-state index contributed by atoms with van der Waals surface area (Å²) in [6.45, 7) is 7.75. The molecule has 1 aromatic carbocycles. The number of aromatic hydroxyl groups is 3. The van der Waals surface area contributed by atoms with Crippen molar-refractivity contribution < 1.29 is 20.1 Å². The van der Waals surface area contributed by atoms with E-state index in [1.54, 1.807) is 6.92 Å². The van der Waals surface area contributed by atoms with Gasteiger partial charge in [-0.1, -0.05) is 30.2 Å². The molecule has 0 heterocycles. The third kappa shape index (κ3) is 5.16. The predicted octanol–water partition coefficient (Wildman–Crippen LogP) is 4.63. The molecule has 3 N–H and O–H groups in total. The number of ketones is 1. The van der Waals surface area contributed by atoms with Crippen LogP contribution in [0.25, 0.3) is 0 Å². The number of carbonyl (C=O) groups is 1. The lowest BCUT2D eigenvalue weighted by atomic mass is 9.98. The highest BCUT2D eigenvalue weighted by Gasteiger charge is 2.20. The molecule has 0 saturated heterocycles. The molecule has 4 heteroatoms. The molecule has 0 aliphatic carbocycles. The number of phenols is 3. The van der Waals surface area contributed by atoms with Crippen molar-refractivity contribution in [3.8, 4) is 17.2 Å². The van der Waals surface area contributed by atoms with E-state index in [0.29, 0.717) is 6.42 Å². The van der Waals surface area contributed by atoms with E-state index in [9.17, 15) is 20.1 Å². The molecule has 0 bridgehead atoms. The average molecular weight is 318 g/mol. The highest BCUT2D eigenvalue weighted by Crippen LogP contribution is 2.38. The summed E-state index contributed by atoms with van der Waals surface area (Å²) in [5, 5.41) is 30.0. The first-order valence-electron chi connectivity index (χ1n) is 7.86. The van der Waals surface area contributed by atoms with Crippen LogP contribution in [-0.2, 0) is 6.42 Å². The van der Waals surface area contributed by atoms with E-state index in [4.69, 9.17) is 0 Å². The van der Waals surface area contributed by atoms with Gasteiger partial charge in [0.1, 0.15) is 22.8 Å². The summed E-state index contributed by atoms with van der Waals surface area (Å²) in [7, 11) is 0. The van der Waals surface area contributed by atoms with Gasteiger partial charge in [-0.2, -0.15) is 0 Å². The van der Waals surface area contributed by atoms with Crippen molar-refractivity contribution in [2.45, 2.75) is 53.4 Å². The third-order valence-corrected chi connectivity index (χ3v) is 3.71. The molecule has 23 heavy (non-hydrogen) atoms. The summed E-state index contributed by atoms with van der Waals surface area (Å²) in [5.41, 5.74) is 2.56. The molecule has 0 atom stereocenters.